The van der Waals surface area contributed by atoms with E-state index in [2.05, 4.69) is 10.3 Å². The van der Waals surface area contributed by atoms with Gasteiger partial charge in [-0.25, -0.2) is 13.8 Å². The molecule has 0 aliphatic carbocycles. The van der Waals surface area contributed by atoms with Crippen molar-refractivity contribution in [2.24, 2.45) is 0 Å². The zero-order valence-electron chi connectivity index (χ0n) is 18.3. The van der Waals surface area contributed by atoms with E-state index in [1.807, 2.05) is 0 Å². The molecule has 1 amide bonds. The van der Waals surface area contributed by atoms with Crippen LogP contribution in [0.4, 0.5) is 8.78 Å². The molecule has 0 aliphatic heterocycles. The number of carbonyl (C=O) groups excluding carboxylic acids is 1. The van der Waals surface area contributed by atoms with Gasteiger partial charge in [-0.2, -0.15) is 0 Å². The molecule has 2 aromatic carbocycles. The number of rotatable bonds is 8. The van der Waals surface area contributed by atoms with Gasteiger partial charge in [0.05, 0.1) is 23.9 Å². The summed E-state index contributed by atoms with van der Waals surface area (Å²) in [6.07, 6.45) is 0.390. The summed E-state index contributed by atoms with van der Waals surface area (Å²) >= 11 is 0. The minimum atomic E-state index is -1.22. The van der Waals surface area contributed by atoms with E-state index >= 15 is 0 Å². The third-order valence-electron chi connectivity index (χ3n) is 5.45. The summed E-state index contributed by atoms with van der Waals surface area (Å²) in [5, 5.41) is 22.5. The fraction of sp³-hybridized carbons (Fsp3) is 0.200. The number of aryl methyl sites for hydroxylation is 1. The quantitative estimate of drug-likeness (QED) is 0.370. The van der Waals surface area contributed by atoms with Crippen molar-refractivity contribution in [3.8, 4) is 5.75 Å². The number of ether oxygens (including phenoxy) is 1. The number of nitrogens with one attached hydrogen (secondary N) is 1. The van der Waals surface area contributed by atoms with Gasteiger partial charge in [0.25, 0.3) is 5.91 Å². The summed E-state index contributed by atoms with van der Waals surface area (Å²) in [6.45, 7) is 0.739. The third-order valence-corrected chi connectivity index (χ3v) is 5.45. The number of hydrogen-bond donors (Lipinski definition) is 3. The van der Waals surface area contributed by atoms with E-state index in [1.54, 1.807) is 55.6 Å². The van der Waals surface area contributed by atoms with Crippen molar-refractivity contribution in [3.63, 3.8) is 0 Å². The van der Waals surface area contributed by atoms with Gasteiger partial charge in [0.2, 0.25) is 0 Å². The van der Waals surface area contributed by atoms with Crippen LogP contribution in [0.15, 0.2) is 66.9 Å². The van der Waals surface area contributed by atoms with E-state index in [-0.39, 0.29) is 23.6 Å². The molecule has 0 aliphatic rings. The van der Waals surface area contributed by atoms with Gasteiger partial charge in [-0.1, -0.05) is 36.4 Å². The maximum Gasteiger partial charge on any atom is 0.270 e. The van der Waals surface area contributed by atoms with E-state index < -0.39 is 36.3 Å². The number of carbonyl (C=O) groups is 1. The molecule has 0 fully saturated rings. The number of benzene rings is 2. The van der Waals surface area contributed by atoms with Gasteiger partial charge in [-0.15, -0.1) is 0 Å². The Kier molecular flexibility index (Phi) is 6.85. The Hall–Kier alpha value is -3.82. The summed E-state index contributed by atoms with van der Waals surface area (Å²) in [5.74, 6) is -1.73. The maximum atomic E-state index is 14.0. The lowest BCUT2D eigenvalue weighted by molar-refractivity contribution is 0.0561. The maximum absolute atomic E-state index is 14.0. The number of halogens is 2. The number of fused-ring (bicyclic) bond motifs is 1. The van der Waals surface area contributed by atoms with Crippen molar-refractivity contribution in [3.05, 3.63) is 101 Å². The lowest BCUT2D eigenvalue weighted by Crippen LogP contribution is -2.38. The van der Waals surface area contributed by atoms with Crippen LogP contribution in [-0.4, -0.2) is 38.2 Å². The Labute approximate surface area is 194 Å². The molecule has 0 radical (unpaired) electrons. The highest BCUT2D eigenvalue weighted by Gasteiger charge is 2.26. The summed E-state index contributed by atoms with van der Waals surface area (Å²) < 4.78 is 35.1. The van der Waals surface area contributed by atoms with Crippen LogP contribution in [0.1, 0.15) is 33.4 Å². The summed E-state index contributed by atoms with van der Waals surface area (Å²) in [5.41, 5.74) is 1.29. The van der Waals surface area contributed by atoms with Gasteiger partial charge in [-0.05, 0) is 36.8 Å². The standard InChI is InChI=1S/C25H23F2N3O4/c1-15-23(25(33)29-22(20(32)13-31)16-7-3-2-4-8-16)30-12-6-11-21(24(30)28-15)34-14-17-18(26)9-5-10-19(17)27/h2-12,20,22,31-32H,13-14H2,1H3,(H,29,33)/t20-,22-/m0/s1. The molecule has 0 unspecified atom stereocenters. The fourth-order valence-electron chi connectivity index (χ4n) is 3.74. The molecule has 0 bridgehead atoms. The second-order valence-electron chi connectivity index (χ2n) is 7.71. The van der Waals surface area contributed by atoms with Gasteiger partial charge >= 0.3 is 0 Å². The molecule has 0 spiro atoms. The van der Waals surface area contributed by atoms with Gasteiger partial charge in [0, 0.05) is 6.20 Å². The van der Waals surface area contributed by atoms with E-state index in [4.69, 9.17) is 4.74 Å². The molecule has 9 heteroatoms. The first-order valence-corrected chi connectivity index (χ1v) is 10.6. The summed E-state index contributed by atoms with van der Waals surface area (Å²) in [6, 6.07) is 14.7. The molecule has 0 saturated heterocycles. The SMILES string of the molecule is Cc1nc2c(OCc3c(F)cccc3F)cccn2c1C(=O)N[C@@H](c1ccccc1)[C@@H](O)CO. The lowest BCUT2D eigenvalue weighted by atomic mass is 10.0. The molecule has 2 atom stereocenters. The number of aliphatic hydroxyl groups is 2. The molecular formula is C25H23F2N3O4. The molecule has 4 rings (SSSR count). The predicted octanol–water partition coefficient (Wildman–Crippen LogP) is 3.32. The van der Waals surface area contributed by atoms with Crippen LogP contribution in [0.3, 0.4) is 0 Å². The van der Waals surface area contributed by atoms with Crippen molar-refractivity contribution in [1.29, 1.82) is 0 Å². The van der Waals surface area contributed by atoms with Crippen LogP contribution in [0.5, 0.6) is 5.75 Å². The number of aliphatic hydroxyl groups excluding tert-OH is 2. The van der Waals surface area contributed by atoms with Crippen molar-refractivity contribution >= 4 is 11.6 Å². The second kappa shape index (κ2) is 9.98. The normalized spacial score (nSPS) is 13.0. The van der Waals surface area contributed by atoms with Crippen molar-refractivity contribution < 1.29 is 28.5 Å². The van der Waals surface area contributed by atoms with Crippen LogP contribution in [0, 0.1) is 18.6 Å². The highest BCUT2D eigenvalue weighted by Crippen LogP contribution is 2.25. The molecule has 34 heavy (non-hydrogen) atoms. The molecular weight excluding hydrogens is 444 g/mol. The predicted molar refractivity (Wildman–Crippen MR) is 120 cm³/mol. The first-order valence-electron chi connectivity index (χ1n) is 10.6. The molecule has 7 nitrogen and oxygen atoms in total. The molecule has 3 N–H and O–H groups in total. The summed E-state index contributed by atoms with van der Waals surface area (Å²) in [4.78, 5) is 17.6. The summed E-state index contributed by atoms with van der Waals surface area (Å²) in [7, 11) is 0. The number of pyridine rings is 1. The average Bonchev–Trinajstić information content (AvgIpc) is 3.18. The number of imidazole rings is 1. The van der Waals surface area contributed by atoms with Gasteiger partial charge < -0.3 is 20.3 Å². The Morgan fingerprint density at radius 1 is 1.09 bits per heavy atom. The molecule has 2 heterocycles. The van der Waals surface area contributed by atoms with Gasteiger partial charge in [-0.3, -0.25) is 9.20 Å². The van der Waals surface area contributed by atoms with Crippen LogP contribution in [-0.2, 0) is 6.61 Å². The number of nitrogens with zero attached hydrogens (tertiary/aromatic N) is 2. The van der Waals surface area contributed by atoms with E-state index in [0.717, 1.165) is 12.1 Å². The first kappa shape index (κ1) is 23.3. The Morgan fingerprint density at radius 3 is 2.47 bits per heavy atom. The number of aromatic nitrogens is 2. The first-order chi connectivity index (χ1) is 16.4. The zero-order chi connectivity index (χ0) is 24.2. The second-order valence-corrected chi connectivity index (χ2v) is 7.71. The highest BCUT2D eigenvalue weighted by atomic mass is 19.1. The molecule has 2 aromatic heterocycles. The largest absolute Gasteiger partial charge is 0.485 e. The van der Waals surface area contributed by atoms with Gasteiger partial charge in [0.15, 0.2) is 11.4 Å². The third kappa shape index (κ3) is 4.61. The number of hydrogen-bond acceptors (Lipinski definition) is 5. The monoisotopic (exact) mass is 467 g/mol. The molecule has 176 valence electrons. The zero-order valence-corrected chi connectivity index (χ0v) is 18.3. The van der Waals surface area contributed by atoms with Crippen molar-refractivity contribution in [2.75, 3.05) is 6.61 Å². The van der Waals surface area contributed by atoms with E-state index in [9.17, 15) is 23.8 Å². The van der Waals surface area contributed by atoms with Crippen molar-refractivity contribution in [1.82, 2.24) is 14.7 Å². The van der Waals surface area contributed by atoms with Crippen molar-refractivity contribution in [2.45, 2.75) is 25.7 Å². The van der Waals surface area contributed by atoms with Crippen LogP contribution >= 0.6 is 0 Å². The lowest BCUT2D eigenvalue weighted by Gasteiger charge is -2.23. The Bertz CT molecular complexity index is 1290. The Balaban J connectivity index is 1.63. The number of amides is 1. The van der Waals surface area contributed by atoms with E-state index in [1.165, 1.54) is 10.5 Å². The smallest absolute Gasteiger partial charge is 0.270 e. The minimum absolute atomic E-state index is 0.198. The molecule has 0 saturated carbocycles. The molecule has 4 aromatic rings. The highest BCUT2D eigenvalue weighted by molar-refractivity contribution is 5.95. The Morgan fingerprint density at radius 2 is 1.79 bits per heavy atom. The fourth-order valence-corrected chi connectivity index (χ4v) is 3.74. The van der Waals surface area contributed by atoms with E-state index in [0.29, 0.717) is 16.9 Å². The topological polar surface area (TPSA) is 96.1 Å². The minimum Gasteiger partial charge on any atom is -0.485 e. The van der Waals surface area contributed by atoms with Gasteiger partial charge in [0.1, 0.15) is 30.0 Å². The van der Waals surface area contributed by atoms with Crippen LogP contribution in [0.2, 0.25) is 0 Å². The van der Waals surface area contributed by atoms with Crippen LogP contribution < -0.4 is 10.1 Å². The average molecular weight is 467 g/mol. The van der Waals surface area contributed by atoms with Crippen LogP contribution in [0.25, 0.3) is 5.65 Å².